The molecule has 116 valence electrons. The van der Waals surface area contributed by atoms with Crippen LogP contribution in [0.5, 0.6) is 0 Å². The Morgan fingerprint density at radius 3 is 2.78 bits per heavy atom. The molecule has 2 heterocycles. The van der Waals surface area contributed by atoms with Gasteiger partial charge in [-0.25, -0.2) is 4.98 Å². The molecule has 6 heteroatoms. The predicted octanol–water partition coefficient (Wildman–Crippen LogP) is 3.45. The summed E-state index contributed by atoms with van der Waals surface area (Å²) < 4.78 is 1.67. The first-order valence-corrected chi connectivity index (χ1v) is 8.49. The van der Waals surface area contributed by atoms with Crippen molar-refractivity contribution >= 4 is 22.4 Å². The second-order valence-electron chi connectivity index (χ2n) is 5.64. The van der Waals surface area contributed by atoms with E-state index in [1.165, 1.54) is 24.2 Å². The largest absolute Gasteiger partial charge is 0.300 e. The predicted molar refractivity (Wildman–Crippen MR) is 89.5 cm³/mol. The molecule has 0 saturated heterocycles. The zero-order chi connectivity index (χ0) is 15.6. The minimum Gasteiger partial charge on any atom is -0.300 e. The minimum absolute atomic E-state index is 0.128. The van der Waals surface area contributed by atoms with E-state index >= 15 is 0 Å². The number of anilines is 1. The van der Waals surface area contributed by atoms with Gasteiger partial charge in [0, 0.05) is 23.7 Å². The fourth-order valence-electron chi connectivity index (χ4n) is 2.58. The molecule has 1 aromatic carbocycles. The Labute approximate surface area is 138 Å². The van der Waals surface area contributed by atoms with Crippen molar-refractivity contribution in [3.63, 3.8) is 0 Å². The number of rotatable bonds is 5. The Bertz CT molecular complexity index is 793. The number of aromatic nitrogens is 3. The first-order valence-electron chi connectivity index (χ1n) is 7.61. The van der Waals surface area contributed by atoms with Crippen LogP contribution in [0.3, 0.4) is 0 Å². The lowest BCUT2D eigenvalue weighted by Gasteiger charge is -2.16. The summed E-state index contributed by atoms with van der Waals surface area (Å²) in [6.07, 6.45) is 5.89. The molecule has 1 saturated carbocycles. The van der Waals surface area contributed by atoms with Gasteiger partial charge in [-0.3, -0.25) is 14.8 Å². The van der Waals surface area contributed by atoms with Gasteiger partial charge < -0.3 is 0 Å². The van der Waals surface area contributed by atoms with E-state index in [4.69, 9.17) is 0 Å². The molecule has 3 aromatic rings. The van der Waals surface area contributed by atoms with Crippen molar-refractivity contribution in [1.82, 2.24) is 14.8 Å². The van der Waals surface area contributed by atoms with Crippen molar-refractivity contribution in [2.24, 2.45) is 0 Å². The van der Waals surface area contributed by atoms with Crippen LogP contribution < -0.4 is 5.32 Å². The third-order valence-corrected chi connectivity index (χ3v) is 4.68. The van der Waals surface area contributed by atoms with Crippen LogP contribution in [0.15, 0.2) is 54.2 Å². The van der Waals surface area contributed by atoms with Crippen LogP contribution in [0.4, 0.5) is 5.13 Å². The SMILES string of the molecule is O=C(Nc1nc(C2CC2)cs1)C(c1ccccc1)n1cccn1. The number of thiazole rings is 1. The van der Waals surface area contributed by atoms with E-state index in [1.807, 2.05) is 41.8 Å². The molecule has 4 rings (SSSR count). The third-order valence-electron chi connectivity index (χ3n) is 3.90. The molecule has 23 heavy (non-hydrogen) atoms. The van der Waals surface area contributed by atoms with E-state index in [2.05, 4.69) is 15.4 Å². The number of hydrogen-bond acceptors (Lipinski definition) is 4. The quantitative estimate of drug-likeness (QED) is 0.782. The molecule has 1 aliphatic carbocycles. The van der Waals surface area contributed by atoms with Crippen molar-refractivity contribution in [2.75, 3.05) is 5.32 Å². The van der Waals surface area contributed by atoms with Gasteiger partial charge in [-0.15, -0.1) is 11.3 Å². The Balaban J connectivity index is 1.59. The highest BCUT2D eigenvalue weighted by Gasteiger charge is 2.27. The van der Waals surface area contributed by atoms with E-state index < -0.39 is 6.04 Å². The zero-order valence-electron chi connectivity index (χ0n) is 12.4. The summed E-state index contributed by atoms with van der Waals surface area (Å²) >= 11 is 1.48. The molecule has 1 aliphatic rings. The van der Waals surface area contributed by atoms with E-state index in [9.17, 15) is 4.79 Å². The number of hydrogen-bond donors (Lipinski definition) is 1. The lowest BCUT2D eigenvalue weighted by atomic mass is 10.1. The molecule has 1 amide bonds. The van der Waals surface area contributed by atoms with Crippen LogP contribution in [0, 0.1) is 0 Å². The molecule has 2 aromatic heterocycles. The van der Waals surface area contributed by atoms with Gasteiger partial charge in [-0.1, -0.05) is 30.3 Å². The van der Waals surface area contributed by atoms with Gasteiger partial charge in [0.1, 0.15) is 0 Å². The number of nitrogens with zero attached hydrogens (tertiary/aromatic N) is 3. The van der Waals surface area contributed by atoms with Gasteiger partial charge in [0.15, 0.2) is 11.2 Å². The molecule has 1 fully saturated rings. The molecule has 1 N–H and O–H groups in total. The highest BCUT2D eigenvalue weighted by Crippen LogP contribution is 2.41. The van der Waals surface area contributed by atoms with Crippen LogP contribution in [0.25, 0.3) is 0 Å². The Morgan fingerprint density at radius 1 is 1.26 bits per heavy atom. The molecule has 5 nitrogen and oxygen atoms in total. The summed E-state index contributed by atoms with van der Waals surface area (Å²) in [6.45, 7) is 0. The smallest absolute Gasteiger partial charge is 0.255 e. The second-order valence-corrected chi connectivity index (χ2v) is 6.50. The molecule has 0 spiro atoms. The third kappa shape index (κ3) is 3.03. The minimum atomic E-state index is -0.500. The van der Waals surface area contributed by atoms with Crippen LogP contribution in [-0.4, -0.2) is 20.7 Å². The number of benzene rings is 1. The first kappa shape index (κ1) is 14.1. The Kier molecular flexibility index (Phi) is 3.67. The summed E-state index contributed by atoms with van der Waals surface area (Å²) in [5.74, 6) is 0.463. The van der Waals surface area contributed by atoms with E-state index in [0.717, 1.165) is 11.3 Å². The topological polar surface area (TPSA) is 59.8 Å². The summed E-state index contributed by atoms with van der Waals surface area (Å²) in [4.78, 5) is 17.3. The van der Waals surface area contributed by atoms with Gasteiger partial charge in [0.05, 0.1) is 5.69 Å². The normalized spacial score (nSPS) is 15.3. The fourth-order valence-corrected chi connectivity index (χ4v) is 3.37. The van der Waals surface area contributed by atoms with E-state index in [-0.39, 0.29) is 5.91 Å². The van der Waals surface area contributed by atoms with Crippen molar-refractivity contribution < 1.29 is 4.79 Å². The number of carbonyl (C=O) groups is 1. The van der Waals surface area contributed by atoms with Crippen molar-refractivity contribution in [3.05, 3.63) is 65.4 Å². The molecular weight excluding hydrogens is 308 g/mol. The zero-order valence-corrected chi connectivity index (χ0v) is 13.2. The van der Waals surface area contributed by atoms with Gasteiger partial charge in [-0.2, -0.15) is 5.10 Å². The van der Waals surface area contributed by atoms with Crippen LogP contribution in [0.1, 0.15) is 36.1 Å². The Morgan fingerprint density at radius 2 is 2.09 bits per heavy atom. The van der Waals surface area contributed by atoms with Gasteiger partial charge in [-0.05, 0) is 24.5 Å². The number of nitrogens with one attached hydrogen (secondary N) is 1. The van der Waals surface area contributed by atoms with Crippen molar-refractivity contribution in [3.8, 4) is 0 Å². The van der Waals surface area contributed by atoms with Crippen molar-refractivity contribution in [1.29, 1.82) is 0 Å². The van der Waals surface area contributed by atoms with Gasteiger partial charge in [0.2, 0.25) is 0 Å². The summed E-state index contributed by atoms with van der Waals surface area (Å²) in [5, 5.41) is 9.88. The summed E-state index contributed by atoms with van der Waals surface area (Å²) in [7, 11) is 0. The lowest BCUT2D eigenvalue weighted by Crippen LogP contribution is -2.27. The Hall–Kier alpha value is -2.47. The van der Waals surface area contributed by atoms with Crippen LogP contribution >= 0.6 is 11.3 Å². The number of carbonyl (C=O) groups excluding carboxylic acids is 1. The molecule has 0 radical (unpaired) electrons. The highest BCUT2D eigenvalue weighted by molar-refractivity contribution is 7.13. The average Bonchev–Trinajstić information content (AvgIpc) is 3.08. The lowest BCUT2D eigenvalue weighted by molar-refractivity contribution is -0.118. The van der Waals surface area contributed by atoms with E-state index in [0.29, 0.717) is 11.0 Å². The van der Waals surface area contributed by atoms with Gasteiger partial charge >= 0.3 is 0 Å². The standard InChI is InChI=1S/C17H16N4OS/c22-16(20-17-19-14(11-23-17)12-7-8-12)15(21-10-4-9-18-21)13-5-2-1-3-6-13/h1-6,9-12,15H,7-8H2,(H,19,20,22). The molecule has 1 unspecified atom stereocenters. The molecular formula is C17H16N4OS. The second kappa shape index (κ2) is 5.96. The fraction of sp³-hybridized carbons (Fsp3) is 0.235. The highest BCUT2D eigenvalue weighted by atomic mass is 32.1. The average molecular weight is 324 g/mol. The van der Waals surface area contributed by atoms with Crippen molar-refractivity contribution in [2.45, 2.75) is 24.8 Å². The molecule has 0 aliphatic heterocycles. The van der Waals surface area contributed by atoms with E-state index in [1.54, 1.807) is 17.1 Å². The first-order chi connectivity index (χ1) is 11.3. The monoisotopic (exact) mass is 324 g/mol. The molecule has 0 bridgehead atoms. The van der Waals surface area contributed by atoms with Crippen LogP contribution in [0.2, 0.25) is 0 Å². The van der Waals surface area contributed by atoms with Gasteiger partial charge in [0.25, 0.3) is 5.91 Å². The maximum atomic E-state index is 12.8. The summed E-state index contributed by atoms with van der Waals surface area (Å²) in [5.41, 5.74) is 1.99. The maximum Gasteiger partial charge on any atom is 0.255 e. The maximum absolute atomic E-state index is 12.8. The number of amides is 1. The summed E-state index contributed by atoms with van der Waals surface area (Å²) in [6, 6.07) is 11.0. The van der Waals surface area contributed by atoms with Crippen LogP contribution in [-0.2, 0) is 4.79 Å². The molecule has 1 atom stereocenters.